The highest BCUT2D eigenvalue weighted by molar-refractivity contribution is 5.98. The van der Waals surface area contributed by atoms with Gasteiger partial charge in [0.2, 0.25) is 0 Å². The molecule has 1 saturated carbocycles. The second-order valence-electron chi connectivity index (χ2n) is 7.61. The van der Waals surface area contributed by atoms with Crippen LogP contribution in [-0.2, 0) is 9.53 Å². The number of fused-ring (bicyclic) bond motifs is 1. The molecule has 1 aromatic heterocycles. The number of hydrogen-bond donors (Lipinski definition) is 2. The number of aromatic amines is 1. The van der Waals surface area contributed by atoms with E-state index in [0.717, 1.165) is 42.1 Å². The summed E-state index contributed by atoms with van der Waals surface area (Å²) in [5, 5.41) is 4.15. The van der Waals surface area contributed by atoms with Gasteiger partial charge in [-0.25, -0.2) is 0 Å². The van der Waals surface area contributed by atoms with Crippen LogP contribution in [-0.4, -0.2) is 30.5 Å². The smallest absolute Gasteiger partial charge is 0.305 e. The van der Waals surface area contributed by atoms with Crippen LogP contribution >= 0.6 is 0 Å². The van der Waals surface area contributed by atoms with E-state index < -0.39 is 0 Å². The van der Waals surface area contributed by atoms with E-state index in [2.05, 4.69) is 36.3 Å². The fourth-order valence-electron chi connectivity index (χ4n) is 4.02. The molecular weight excluding hydrogens is 328 g/mol. The molecule has 0 aliphatic heterocycles. The molecule has 2 N–H and O–H groups in total. The highest BCUT2D eigenvalue weighted by Gasteiger charge is 2.24. The predicted octanol–water partition coefficient (Wildman–Crippen LogP) is 3.88. The zero-order chi connectivity index (χ0) is 18.7. The van der Waals surface area contributed by atoms with Crippen molar-refractivity contribution in [3.63, 3.8) is 0 Å². The maximum absolute atomic E-state index is 12.5. The van der Waals surface area contributed by atoms with Crippen molar-refractivity contribution in [2.45, 2.75) is 46.0 Å². The van der Waals surface area contributed by atoms with Crippen LogP contribution in [0.3, 0.4) is 0 Å². The molecule has 0 bridgehead atoms. The van der Waals surface area contributed by atoms with E-state index in [1.165, 1.54) is 12.7 Å². The number of aryl methyl sites for hydroxylation is 2. The van der Waals surface area contributed by atoms with Crippen LogP contribution in [0.25, 0.3) is 10.9 Å². The number of aromatic nitrogens is 1. The molecule has 0 saturated heterocycles. The molecule has 1 heterocycles. The fraction of sp³-hybridized carbons (Fsp3) is 0.524. The molecule has 1 amide bonds. The molecule has 2 aromatic rings. The van der Waals surface area contributed by atoms with Gasteiger partial charge in [0.15, 0.2) is 0 Å². The molecule has 140 valence electrons. The van der Waals surface area contributed by atoms with Gasteiger partial charge in [-0.15, -0.1) is 0 Å². The SMILES string of the molecule is COC(=O)CC1CCC(CNC(=O)c2cc3cc(C)cc(C)c3[nH]2)CC1. The number of esters is 1. The zero-order valence-electron chi connectivity index (χ0n) is 15.9. The fourth-order valence-corrected chi connectivity index (χ4v) is 4.02. The lowest BCUT2D eigenvalue weighted by Gasteiger charge is -2.27. The van der Waals surface area contributed by atoms with E-state index in [9.17, 15) is 9.59 Å². The number of methoxy groups -OCH3 is 1. The largest absolute Gasteiger partial charge is 0.469 e. The summed E-state index contributed by atoms with van der Waals surface area (Å²) >= 11 is 0. The monoisotopic (exact) mass is 356 g/mol. The average molecular weight is 356 g/mol. The lowest BCUT2D eigenvalue weighted by atomic mass is 9.80. The van der Waals surface area contributed by atoms with E-state index in [1.807, 2.05) is 6.07 Å². The second-order valence-corrected chi connectivity index (χ2v) is 7.61. The molecule has 1 aliphatic carbocycles. The molecule has 0 atom stereocenters. The molecule has 0 radical (unpaired) electrons. The minimum Gasteiger partial charge on any atom is -0.469 e. The number of amides is 1. The molecule has 26 heavy (non-hydrogen) atoms. The van der Waals surface area contributed by atoms with Crippen molar-refractivity contribution >= 4 is 22.8 Å². The van der Waals surface area contributed by atoms with Crippen LogP contribution in [0.4, 0.5) is 0 Å². The zero-order valence-corrected chi connectivity index (χ0v) is 15.9. The molecule has 1 aliphatic rings. The lowest BCUT2D eigenvalue weighted by molar-refractivity contribution is -0.142. The number of ether oxygens (including phenoxy) is 1. The summed E-state index contributed by atoms with van der Waals surface area (Å²) in [6.45, 7) is 4.81. The van der Waals surface area contributed by atoms with Gasteiger partial charge in [0.25, 0.3) is 5.91 Å². The average Bonchev–Trinajstić information content (AvgIpc) is 3.05. The van der Waals surface area contributed by atoms with Crippen LogP contribution < -0.4 is 5.32 Å². The number of carbonyl (C=O) groups excluding carboxylic acids is 2. The van der Waals surface area contributed by atoms with Crippen molar-refractivity contribution in [2.75, 3.05) is 13.7 Å². The summed E-state index contributed by atoms with van der Waals surface area (Å²) in [6, 6.07) is 6.14. The van der Waals surface area contributed by atoms with Crippen molar-refractivity contribution in [3.05, 3.63) is 35.0 Å². The first-order chi connectivity index (χ1) is 12.5. The van der Waals surface area contributed by atoms with E-state index >= 15 is 0 Å². The van der Waals surface area contributed by atoms with Crippen molar-refractivity contribution in [1.29, 1.82) is 0 Å². The Morgan fingerprint density at radius 2 is 1.81 bits per heavy atom. The van der Waals surface area contributed by atoms with Crippen LogP contribution in [0.1, 0.15) is 53.7 Å². The molecule has 1 aromatic carbocycles. The topological polar surface area (TPSA) is 71.2 Å². The standard InChI is InChI=1S/C21H28N2O3/c1-13-8-14(2)20-17(9-13)11-18(23-20)21(25)22-12-16-6-4-15(5-7-16)10-19(24)26-3/h8-9,11,15-16,23H,4-7,10,12H2,1-3H3,(H,22,25). The number of rotatable bonds is 5. The van der Waals surface area contributed by atoms with Gasteiger partial charge < -0.3 is 15.0 Å². The summed E-state index contributed by atoms with van der Waals surface area (Å²) in [5.41, 5.74) is 4.00. The van der Waals surface area contributed by atoms with Gasteiger partial charge in [0.05, 0.1) is 7.11 Å². The molecule has 5 heteroatoms. The van der Waals surface area contributed by atoms with E-state index in [-0.39, 0.29) is 11.9 Å². The van der Waals surface area contributed by atoms with Crippen molar-refractivity contribution in [3.8, 4) is 0 Å². The summed E-state index contributed by atoms with van der Waals surface area (Å²) in [6.07, 6.45) is 4.67. The van der Waals surface area contributed by atoms with E-state index in [0.29, 0.717) is 30.5 Å². The third-order valence-corrected chi connectivity index (χ3v) is 5.52. The molecular formula is C21H28N2O3. The lowest BCUT2D eigenvalue weighted by Crippen LogP contribution is -2.31. The van der Waals surface area contributed by atoms with Crippen molar-refractivity contribution in [2.24, 2.45) is 11.8 Å². The van der Waals surface area contributed by atoms with Crippen LogP contribution in [0.2, 0.25) is 0 Å². The van der Waals surface area contributed by atoms with Crippen LogP contribution in [0.15, 0.2) is 18.2 Å². The Balaban J connectivity index is 1.52. The van der Waals surface area contributed by atoms with Crippen LogP contribution in [0, 0.1) is 25.7 Å². The highest BCUT2D eigenvalue weighted by atomic mass is 16.5. The minimum absolute atomic E-state index is 0.0464. The van der Waals surface area contributed by atoms with Gasteiger partial charge in [-0.2, -0.15) is 0 Å². The summed E-state index contributed by atoms with van der Waals surface area (Å²) in [7, 11) is 1.44. The number of benzene rings is 1. The molecule has 0 unspecified atom stereocenters. The predicted molar refractivity (Wildman–Crippen MR) is 102 cm³/mol. The normalized spacial score (nSPS) is 20.1. The van der Waals surface area contributed by atoms with Crippen molar-refractivity contribution in [1.82, 2.24) is 10.3 Å². The van der Waals surface area contributed by atoms with Gasteiger partial charge in [0.1, 0.15) is 5.69 Å². The number of nitrogens with one attached hydrogen (secondary N) is 2. The summed E-state index contributed by atoms with van der Waals surface area (Å²) in [5.74, 6) is 0.747. The maximum atomic E-state index is 12.5. The molecule has 1 fully saturated rings. The summed E-state index contributed by atoms with van der Waals surface area (Å²) in [4.78, 5) is 27.1. The Labute approximate surface area is 154 Å². The van der Waals surface area contributed by atoms with Gasteiger partial charge in [-0.1, -0.05) is 11.6 Å². The number of hydrogen-bond acceptors (Lipinski definition) is 3. The Bertz CT molecular complexity index is 801. The Morgan fingerprint density at radius 3 is 2.50 bits per heavy atom. The third kappa shape index (κ3) is 4.26. The molecule has 0 spiro atoms. The van der Waals surface area contributed by atoms with Crippen molar-refractivity contribution < 1.29 is 14.3 Å². The first-order valence-electron chi connectivity index (χ1n) is 9.41. The Morgan fingerprint density at radius 1 is 1.12 bits per heavy atom. The van der Waals surface area contributed by atoms with Gasteiger partial charge >= 0.3 is 5.97 Å². The Hall–Kier alpha value is -2.30. The first-order valence-corrected chi connectivity index (χ1v) is 9.41. The number of H-pyrrole nitrogens is 1. The molecule has 3 rings (SSSR count). The van der Waals surface area contributed by atoms with Crippen LogP contribution in [0.5, 0.6) is 0 Å². The molecule has 5 nitrogen and oxygen atoms in total. The Kier molecular flexibility index (Phi) is 5.64. The quantitative estimate of drug-likeness (QED) is 0.799. The number of carbonyl (C=O) groups is 2. The van der Waals surface area contributed by atoms with Gasteiger partial charge in [-0.05, 0) is 69.1 Å². The first kappa shape index (κ1) is 18.5. The maximum Gasteiger partial charge on any atom is 0.305 e. The van der Waals surface area contributed by atoms with Gasteiger partial charge in [-0.3, -0.25) is 9.59 Å². The van der Waals surface area contributed by atoms with Gasteiger partial charge in [0, 0.05) is 23.9 Å². The summed E-state index contributed by atoms with van der Waals surface area (Å²) < 4.78 is 4.75. The minimum atomic E-state index is -0.119. The second kappa shape index (κ2) is 7.94. The highest BCUT2D eigenvalue weighted by Crippen LogP contribution is 2.30. The third-order valence-electron chi connectivity index (χ3n) is 5.52. The van der Waals surface area contributed by atoms with E-state index in [1.54, 1.807) is 0 Å². The van der Waals surface area contributed by atoms with E-state index in [4.69, 9.17) is 4.74 Å².